The van der Waals surface area contributed by atoms with Crippen LogP contribution in [0.2, 0.25) is 0 Å². The van der Waals surface area contributed by atoms with Gasteiger partial charge in [-0.15, -0.1) is 0 Å². The predicted molar refractivity (Wildman–Crippen MR) is 72.1 cm³/mol. The maximum Gasteiger partial charge on any atom is 0.208 e. The number of hydrogen-bond donors (Lipinski definition) is 0. The van der Waals surface area contributed by atoms with Crippen molar-refractivity contribution in [3.8, 4) is 11.5 Å². The molecule has 24 heavy (non-hydrogen) atoms. The summed E-state index contributed by atoms with van der Waals surface area (Å²) in [5.74, 6) is -14.4. The van der Waals surface area contributed by atoms with E-state index < -0.39 is 70.4 Å². The summed E-state index contributed by atoms with van der Waals surface area (Å²) in [4.78, 5) is 0. The largest absolute Gasteiger partial charge is 0.494 e. The molecule has 0 atom stereocenters. The molecular weight excluding hydrogens is 344 g/mol. The van der Waals surface area contributed by atoms with Gasteiger partial charge in [0, 0.05) is 6.07 Å². The average molecular weight is 352 g/mol. The van der Waals surface area contributed by atoms with Gasteiger partial charge in [-0.05, 0) is 10.9 Å². The monoisotopic (exact) mass is 352 g/mol. The molecule has 0 aliphatic rings. The van der Waals surface area contributed by atoms with Crippen molar-refractivity contribution in [1.29, 1.82) is 0 Å². The molecule has 2 aromatic rings. The van der Waals surface area contributed by atoms with E-state index >= 15 is 0 Å². The second-order valence-corrected chi connectivity index (χ2v) is 4.61. The van der Waals surface area contributed by atoms with Crippen molar-refractivity contribution in [2.75, 3.05) is 14.2 Å². The van der Waals surface area contributed by atoms with E-state index in [-0.39, 0.29) is 0 Å². The van der Waals surface area contributed by atoms with Gasteiger partial charge in [0.1, 0.15) is 0 Å². The van der Waals surface area contributed by atoms with E-state index in [0.717, 1.165) is 14.2 Å². The highest BCUT2D eigenvalue weighted by atomic mass is 19.2. The summed E-state index contributed by atoms with van der Waals surface area (Å²) in [6.45, 7) is 0. The van der Waals surface area contributed by atoms with Gasteiger partial charge >= 0.3 is 0 Å². The first kappa shape index (κ1) is 18.0. The van der Waals surface area contributed by atoms with Crippen molar-refractivity contribution >= 4 is 18.2 Å². The number of rotatable bonds is 4. The lowest BCUT2D eigenvalue weighted by molar-refractivity contribution is 0.338. The maximum absolute atomic E-state index is 14.1. The lowest BCUT2D eigenvalue weighted by Crippen LogP contribution is -2.38. The van der Waals surface area contributed by atoms with Crippen LogP contribution in [0.25, 0.3) is 0 Å². The molecule has 2 nitrogen and oxygen atoms in total. The molecule has 10 heteroatoms. The van der Waals surface area contributed by atoms with Gasteiger partial charge in [-0.2, -0.15) is 4.39 Å². The number of benzene rings is 2. The molecule has 0 radical (unpaired) electrons. The SMILES string of the molecule is COc1cc(F)c(F)c(Bc2c(F)c(F)c(F)c(OC)c2F)c1F. The molecule has 0 N–H and O–H groups in total. The summed E-state index contributed by atoms with van der Waals surface area (Å²) >= 11 is 0. The van der Waals surface area contributed by atoms with Crippen LogP contribution < -0.4 is 20.4 Å². The Morgan fingerprint density at radius 3 is 1.79 bits per heavy atom. The van der Waals surface area contributed by atoms with Crippen LogP contribution >= 0.6 is 0 Å². The molecule has 0 amide bonds. The molecule has 2 rings (SSSR count). The minimum Gasteiger partial charge on any atom is -0.494 e. The Balaban J connectivity index is 2.70. The molecule has 0 unspecified atom stereocenters. The van der Waals surface area contributed by atoms with Crippen LogP contribution in [0.4, 0.5) is 30.7 Å². The highest BCUT2D eigenvalue weighted by Gasteiger charge is 2.29. The highest BCUT2D eigenvalue weighted by molar-refractivity contribution is 6.67. The standard InChI is InChI=1S/C14H8BF7O2/c1-23-5-3-4(16)8(17)6(9(5)18)15-7-10(19)12(21)13(22)14(24-2)11(7)20/h3,15H,1-2H3. The molecule has 0 saturated carbocycles. The fraction of sp³-hybridized carbons (Fsp3) is 0.143. The Hall–Kier alpha value is -2.39. The number of methoxy groups -OCH3 is 2. The van der Waals surface area contributed by atoms with E-state index in [1.54, 1.807) is 0 Å². The van der Waals surface area contributed by atoms with E-state index in [9.17, 15) is 30.7 Å². The van der Waals surface area contributed by atoms with Crippen LogP contribution in [0.1, 0.15) is 0 Å². The lowest BCUT2D eigenvalue weighted by atomic mass is 9.62. The molecule has 0 aromatic heterocycles. The van der Waals surface area contributed by atoms with Crippen molar-refractivity contribution in [2.24, 2.45) is 0 Å². The Bertz CT molecular complexity index is 811. The fourth-order valence-electron chi connectivity index (χ4n) is 2.10. The Labute approximate surface area is 132 Å². The van der Waals surface area contributed by atoms with E-state index in [2.05, 4.69) is 9.47 Å². The summed E-state index contributed by atoms with van der Waals surface area (Å²) in [6, 6.07) is 0.396. The Morgan fingerprint density at radius 2 is 1.25 bits per heavy atom. The van der Waals surface area contributed by atoms with E-state index in [1.807, 2.05) is 0 Å². The lowest BCUT2D eigenvalue weighted by Gasteiger charge is -2.13. The zero-order valence-corrected chi connectivity index (χ0v) is 12.2. The van der Waals surface area contributed by atoms with Gasteiger partial charge in [-0.1, -0.05) is 0 Å². The van der Waals surface area contributed by atoms with Crippen molar-refractivity contribution in [3.05, 3.63) is 46.8 Å². The zero-order valence-electron chi connectivity index (χ0n) is 12.2. The maximum atomic E-state index is 14.1. The Morgan fingerprint density at radius 1 is 0.667 bits per heavy atom. The summed E-state index contributed by atoms with van der Waals surface area (Å²) in [5, 5.41) is 0. The molecule has 0 heterocycles. The third kappa shape index (κ3) is 2.76. The van der Waals surface area contributed by atoms with Crippen molar-refractivity contribution in [1.82, 2.24) is 0 Å². The molecular formula is C14H8BF7O2. The summed E-state index contributed by atoms with van der Waals surface area (Å²) in [7, 11) is 0.507. The third-order valence-corrected chi connectivity index (χ3v) is 3.31. The van der Waals surface area contributed by atoms with Gasteiger partial charge in [0.15, 0.2) is 46.4 Å². The Kier molecular flexibility index (Phi) is 4.95. The molecule has 0 aliphatic carbocycles. The first-order chi connectivity index (χ1) is 11.2. The molecule has 0 aliphatic heterocycles. The number of hydrogen-bond acceptors (Lipinski definition) is 2. The van der Waals surface area contributed by atoms with Crippen LogP contribution in [-0.4, -0.2) is 21.5 Å². The van der Waals surface area contributed by atoms with Crippen LogP contribution in [-0.2, 0) is 0 Å². The molecule has 128 valence electrons. The van der Waals surface area contributed by atoms with Gasteiger partial charge in [0.25, 0.3) is 0 Å². The number of halogens is 7. The van der Waals surface area contributed by atoms with Gasteiger partial charge in [-0.3, -0.25) is 0 Å². The molecule has 0 spiro atoms. The zero-order chi connectivity index (χ0) is 18.2. The van der Waals surface area contributed by atoms with Gasteiger partial charge < -0.3 is 9.47 Å². The minimum absolute atomic E-state index is 0.396. The minimum atomic E-state index is -2.09. The summed E-state index contributed by atoms with van der Waals surface area (Å²) < 4.78 is 105. The van der Waals surface area contributed by atoms with Crippen LogP contribution in [0.3, 0.4) is 0 Å². The van der Waals surface area contributed by atoms with E-state index in [0.29, 0.717) is 6.07 Å². The van der Waals surface area contributed by atoms with Crippen molar-refractivity contribution < 1.29 is 40.2 Å². The van der Waals surface area contributed by atoms with E-state index in [4.69, 9.17) is 0 Å². The van der Waals surface area contributed by atoms with Crippen LogP contribution in [0, 0.1) is 40.7 Å². The quantitative estimate of drug-likeness (QED) is 0.363. The van der Waals surface area contributed by atoms with Gasteiger partial charge in [0.2, 0.25) is 13.1 Å². The first-order valence-electron chi connectivity index (χ1n) is 6.33. The van der Waals surface area contributed by atoms with Crippen molar-refractivity contribution in [3.63, 3.8) is 0 Å². The van der Waals surface area contributed by atoms with Crippen LogP contribution in [0.5, 0.6) is 11.5 Å². The second kappa shape index (κ2) is 6.62. The normalized spacial score (nSPS) is 10.7. The average Bonchev–Trinajstić information content (AvgIpc) is 2.56. The topological polar surface area (TPSA) is 18.5 Å². The predicted octanol–water partition coefficient (Wildman–Crippen LogP) is 2.06. The molecule has 0 fully saturated rings. The smallest absolute Gasteiger partial charge is 0.208 e. The first-order valence-corrected chi connectivity index (χ1v) is 6.33. The molecule has 2 aromatic carbocycles. The second-order valence-electron chi connectivity index (χ2n) is 4.61. The fourth-order valence-corrected chi connectivity index (χ4v) is 2.10. The van der Waals surface area contributed by atoms with Crippen LogP contribution in [0.15, 0.2) is 6.07 Å². The molecule has 0 bridgehead atoms. The highest BCUT2D eigenvalue weighted by Crippen LogP contribution is 2.25. The van der Waals surface area contributed by atoms with Crippen molar-refractivity contribution in [2.45, 2.75) is 0 Å². The summed E-state index contributed by atoms with van der Waals surface area (Å²) in [5.41, 5.74) is -2.34. The molecule has 0 saturated heterocycles. The van der Waals surface area contributed by atoms with Gasteiger partial charge in [-0.25, -0.2) is 26.3 Å². The van der Waals surface area contributed by atoms with E-state index in [1.165, 1.54) is 0 Å². The number of ether oxygens (including phenoxy) is 2. The van der Waals surface area contributed by atoms with Gasteiger partial charge in [0.05, 0.1) is 14.2 Å². The third-order valence-electron chi connectivity index (χ3n) is 3.31. The summed E-state index contributed by atoms with van der Waals surface area (Å²) in [6.07, 6.45) is 0.